The van der Waals surface area contributed by atoms with E-state index < -0.39 is 0 Å². The minimum atomic E-state index is 0.741. The zero-order valence-electron chi connectivity index (χ0n) is 10.7. The SMILES string of the molecule is Nc1ccc2c(SCc3ccc(Cl)cc3)ccnc2c1. The minimum absolute atomic E-state index is 0.741. The van der Waals surface area contributed by atoms with Gasteiger partial charge >= 0.3 is 0 Å². The lowest BCUT2D eigenvalue weighted by Gasteiger charge is -2.06. The first-order valence-electron chi connectivity index (χ1n) is 6.24. The van der Waals surface area contributed by atoms with Crippen LogP contribution in [0, 0.1) is 0 Å². The van der Waals surface area contributed by atoms with Crippen molar-refractivity contribution in [3.63, 3.8) is 0 Å². The molecular formula is C16H13ClN2S. The molecule has 3 aromatic rings. The molecule has 0 fully saturated rings. The molecule has 0 saturated heterocycles. The lowest BCUT2D eigenvalue weighted by atomic mass is 10.2. The van der Waals surface area contributed by atoms with Crippen LogP contribution >= 0.6 is 23.4 Å². The molecule has 0 amide bonds. The molecule has 1 heterocycles. The van der Waals surface area contributed by atoms with Gasteiger partial charge in [0.25, 0.3) is 0 Å². The van der Waals surface area contributed by atoms with Gasteiger partial charge in [-0.25, -0.2) is 0 Å². The molecule has 2 nitrogen and oxygen atoms in total. The van der Waals surface area contributed by atoms with Gasteiger partial charge in [-0.05, 0) is 42.0 Å². The number of hydrogen-bond donors (Lipinski definition) is 1. The van der Waals surface area contributed by atoms with Crippen LogP contribution in [0.3, 0.4) is 0 Å². The highest BCUT2D eigenvalue weighted by molar-refractivity contribution is 7.98. The van der Waals surface area contributed by atoms with Crippen LogP contribution in [0.1, 0.15) is 5.56 Å². The number of nitrogens with zero attached hydrogens (tertiary/aromatic N) is 1. The Hall–Kier alpha value is -1.71. The van der Waals surface area contributed by atoms with E-state index in [-0.39, 0.29) is 0 Å². The van der Waals surface area contributed by atoms with Crippen molar-refractivity contribution in [1.29, 1.82) is 0 Å². The maximum atomic E-state index is 5.89. The summed E-state index contributed by atoms with van der Waals surface area (Å²) in [5.41, 5.74) is 8.72. The quantitative estimate of drug-likeness (QED) is 0.560. The molecule has 20 heavy (non-hydrogen) atoms. The topological polar surface area (TPSA) is 38.9 Å². The number of aromatic nitrogens is 1. The van der Waals surface area contributed by atoms with Crippen LogP contribution in [-0.4, -0.2) is 4.98 Å². The smallest absolute Gasteiger partial charge is 0.0733 e. The molecule has 0 saturated carbocycles. The van der Waals surface area contributed by atoms with Crippen LogP contribution in [-0.2, 0) is 5.75 Å². The summed E-state index contributed by atoms with van der Waals surface area (Å²) < 4.78 is 0. The Kier molecular flexibility index (Phi) is 3.81. The number of nitrogens with two attached hydrogens (primary N) is 1. The van der Waals surface area contributed by atoms with Gasteiger partial charge in [0, 0.05) is 32.9 Å². The van der Waals surface area contributed by atoms with Gasteiger partial charge in [-0.15, -0.1) is 11.8 Å². The summed E-state index contributed by atoms with van der Waals surface area (Å²) >= 11 is 7.69. The molecule has 0 unspecified atom stereocenters. The molecule has 1 aromatic heterocycles. The number of rotatable bonds is 3. The second-order valence-corrected chi connectivity index (χ2v) is 5.95. The van der Waals surface area contributed by atoms with Gasteiger partial charge in [0.2, 0.25) is 0 Å². The second-order valence-electron chi connectivity index (χ2n) is 4.50. The van der Waals surface area contributed by atoms with Crippen LogP contribution in [0.5, 0.6) is 0 Å². The lowest BCUT2D eigenvalue weighted by Crippen LogP contribution is -1.87. The molecular weight excluding hydrogens is 288 g/mol. The van der Waals surface area contributed by atoms with E-state index in [0.29, 0.717) is 0 Å². The van der Waals surface area contributed by atoms with E-state index in [9.17, 15) is 0 Å². The third-order valence-electron chi connectivity index (χ3n) is 3.03. The molecule has 0 aliphatic heterocycles. The van der Waals surface area contributed by atoms with Crippen molar-refractivity contribution in [2.75, 3.05) is 5.73 Å². The van der Waals surface area contributed by atoms with Crippen molar-refractivity contribution in [3.8, 4) is 0 Å². The van der Waals surface area contributed by atoms with Gasteiger partial charge in [-0.1, -0.05) is 23.7 Å². The van der Waals surface area contributed by atoms with E-state index >= 15 is 0 Å². The van der Waals surface area contributed by atoms with E-state index in [1.54, 1.807) is 11.8 Å². The van der Waals surface area contributed by atoms with Gasteiger partial charge < -0.3 is 5.73 Å². The normalized spacial score (nSPS) is 10.8. The standard InChI is InChI=1S/C16H13ClN2S/c17-12-3-1-11(2-4-12)10-20-16-7-8-19-15-9-13(18)5-6-14(15)16/h1-9H,10,18H2. The molecule has 0 atom stereocenters. The van der Waals surface area contributed by atoms with Gasteiger partial charge in [0.15, 0.2) is 0 Å². The highest BCUT2D eigenvalue weighted by atomic mass is 35.5. The Labute approximate surface area is 127 Å². The van der Waals surface area contributed by atoms with Crippen LogP contribution in [0.25, 0.3) is 10.9 Å². The summed E-state index contributed by atoms with van der Waals surface area (Å²) in [6.45, 7) is 0. The van der Waals surface area contributed by atoms with Crippen LogP contribution < -0.4 is 5.73 Å². The monoisotopic (exact) mass is 300 g/mol. The van der Waals surface area contributed by atoms with Crippen molar-refractivity contribution in [1.82, 2.24) is 4.98 Å². The van der Waals surface area contributed by atoms with E-state index in [4.69, 9.17) is 17.3 Å². The van der Waals surface area contributed by atoms with Gasteiger partial charge in [-0.2, -0.15) is 0 Å². The molecule has 4 heteroatoms. The Morgan fingerprint density at radius 2 is 1.85 bits per heavy atom. The molecule has 2 aromatic carbocycles. The van der Waals surface area contributed by atoms with Gasteiger partial charge in [-0.3, -0.25) is 4.98 Å². The highest BCUT2D eigenvalue weighted by Crippen LogP contribution is 2.30. The lowest BCUT2D eigenvalue weighted by molar-refractivity contribution is 1.34. The van der Waals surface area contributed by atoms with Crippen molar-refractivity contribution in [3.05, 3.63) is 65.3 Å². The summed E-state index contributed by atoms with van der Waals surface area (Å²) in [6, 6.07) is 15.8. The first kappa shape index (κ1) is 13.3. The van der Waals surface area contributed by atoms with Crippen LogP contribution in [0.2, 0.25) is 5.02 Å². The molecule has 0 spiro atoms. The molecule has 2 N–H and O–H groups in total. The Morgan fingerprint density at radius 1 is 1.05 bits per heavy atom. The number of fused-ring (bicyclic) bond motifs is 1. The molecule has 0 aliphatic carbocycles. The maximum absolute atomic E-state index is 5.89. The fourth-order valence-electron chi connectivity index (χ4n) is 2.01. The Morgan fingerprint density at radius 3 is 2.65 bits per heavy atom. The first-order chi connectivity index (χ1) is 9.72. The second kappa shape index (κ2) is 5.73. The number of hydrogen-bond acceptors (Lipinski definition) is 3. The summed E-state index contributed by atoms with van der Waals surface area (Å²) in [5, 5.41) is 1.91. The predicted octanol–water partition coefficient (Wildman–Crippen LogP) is 4.76. The Balaban J connectivity index is 1.85. The predicted molar refractivity (Wildman–Crippen MR) is 87.2 cm³/mol. The van der Waals surface area contributed by atoms with Crippen LogP contribution in [0.4, 0.5) is 5.69 Å². The van der Waals surface area contributed by atoms with Gasteiger partial charge in [0.1, 0.15) is 0 Å². The minimum Gasteiger partial charge on any atom is -0.399 e. The third kappa shape index (κ3) is 2.89. The number of halogens is 1. The average molecular weight is 301 g/mol. The molecule has 3 rings (SSSR count). The number of benzene rings is 2. The summed E-state index contributed by atoms with van der Waals surface area (Å²) in [4.78, 5) is 5.57. The molecule has 100 valence electrons. The molecule has 0 aliphatic rings. The van der Waals surface area contributed by atoms with Crippen LogP contribution in [0.15, 0.2) is 59.6 Å². The summed E-state index contributed by atoms with van der Waals surface area (Å²) in [7, 11) is 0. The van der Waals surface area contributed by atoms with Crippen molar-refractivity contribution >= 4 is 40.0 Å². The van der Waals surface area contributed by atoms with E-state index in [1.807, 2.05) is 42.6 Å². The molecule has 0 radical (unpaired) electrons. The average Bonchev–Trinajstić information content (AvgIpc) is 2.46. The van der Waals surface area contributed by atoms with Crippen molar-refractivity contribution < 1.29 is 0 Å². The first-order valence-corrected chi connectivity index (χ1v) is 7.60. The molecule has 0 bridgehead atoms. The number of nitrogen functional groups attached to an aromatic ring is 1. The maximum Gasteiger partial charge on any atom is 0.0733 e. The highest BCUT2D eigenvalue weighted by Gasteiger charge is 2.03. The number of pyridine rings is 1. The fourth-order valence-corrected chi connectivity index (χ4v) is 3.13. The fraction of sp³-hybridized carbons (Fsp3) is 0.0625. The number of anilines is 1. The zero-order chi connectivity index (χ0) is 13.9. The number of thioether (sulfide) groups is 1. The van der Waals surface area contributed by atoms with E-state index in [2.05, 4.69) is 17.1 Å². The third-order valence-corrected chi connectivity index (χ3v) is 4.43. The van der Waals surface area contributed by atoms with Crippen molar-refractivity contribution in [2.45, 2.75) is 10.6 Å². The summed E-state index contributed by atoms with van der Waals surface area (Å²) in [6.07, 6.45) is 1.83. The van der Waals surface area contributed by atoms with Gasteiger partial charge in [0.05, 0.1) is 5.52 Å². The van der Waals surface area contributed by atoms with E-state index in [1.165, 1.54) is 10.5 Å². The largest absolute Gasteiger partial charge is 0.399 e. The van der Waals surface area contributed by atoms with Crippen molar-refractivity contribution in [2.24, 2.45) is 0 Å². The Bertz CT molecular complexity index is 741. The zero-order valence-corrected chi connectivity index (χ0v) is 12.3. The summed E-state index contributed by atoms with van der Waals surface area (Å²) in [5.74, 6) is 0.903. The van der Waals surface area contributed by atoms with E-state index in [0.717, 1.165) is 27.4 Å².